The number of carbonyl (C=O) groups excluding carboxylic acids is 1. The van der Waals surface area contributed by atoms with Crippen LogP contribution in [0.3, 0.4) is 0 Å². The van der Waals surface area contributed by atoms with Crippen LogP contribution in [0.15, 0.2) is 12.3 Å². The Kier molecular flexibility index (Phi) is 1.32. The van der Waals surface area contributed by atoms with Gasteiger partial charge in [-0.1, -0.05) is 11.6 Å². The molecule has 0 spiro atoms. The summed E-state index contributed by atoms with van der Waals surface area (Å²) in [6.45, 7) is 0.316. The topological polar surface area (TPSA) is 39.2 Å². The van der Waals surface area contributed by atoms with Gasteiger partial charge in [-0.05, 0) is 6.07 Å². The quantitative estimate of drug-likeness (QED) is 0.435. The zero-order valence-electron chi connectivity index (χ0n) is 5.50. The third-order valence-corrected chi connectivity index (χ3v) is 1.74. The Morgan fingerprint density at radius 3 is 3.27 bits per heavy atom. The van der Waals surface area contributed by atoms with Gasteiger partial charge in [-0.2, -0.15) is 0 Å². The smallest absolute Gasteiger partial charge is 0.340 e. The predicted octanol–water partition coefficient (Wildman–Crippen LogP) is 1.41. The van der Waals surface area contributed by atoms with E-state index in [1.807, 2.05) is 0 Å². The first-order valence-corrected chi connectivity index (χ1v) is 3.47. The molecule has 0 atom stereocenters. The fourth-order valence-electron chi connectivity index (χ4n) is 0.992. The van der Waals surface area contributed by atoms with Crippen molar-refractivity contribution in [2.75, 3.05) is 0 Å². The average molecular weight is 170 g/mol. The van der Waals surface area contributed by atoms with Crippen LogP contribution >= 0.6 is 11.6 Å². The average Bonchev–Trinajstić information content (AvgIpc) is 2.32. The van der Waals surface area contributed by atoms with Gasteiger partial charge in [0, 0.05) is 11.8 Å². The molecule has 2 heterocycles. The summed E-state index contributed by atoms with van der Waals surface area (Å²) in [5, 5.41) is 0.391. The lowest BCUT2D eigenvalue weighted by Gasteiger charge is -1.91. The molecule has 4 heteroatoms. The van der Waals surface area contributed by atoms with Crippen molar-refractivity contribution in [3.8, 4) is 0 Å². The van der Waals surface area contributed by atoms with Crippen molar-refractivity contribution in [1.82, 2.24) is 4.98 Å². The Balaban J connectivity index is 2.59. The van der Waals surface area contributed by atoms with Gasteiger partial charge in [-0.25, -0.2) is 9.78 Å². The lowest BCUT2D eigenvalue weighted by Crippen LogP contribution is -1.93. The predicted molar refractivity (Wildman–Crippen MR) is 38.4 cm³/mol. The van der Waals surface area contributed by atoms with Crippen LogP contribution in [0.1, 0.15) is 15.9 Å². The van der Waals surface area contributed by atoms with E-state index in [0.717, 1.165) is 5.56 Å². The summed E-state index contributed by atoms with van der Waals surface area (Å²) in [6.07, 6.45) is 1.44. The molecule has 1 aromatic heterocycles. The van der Waals surface area contributed by atoms with Crippen LogP contribution in [0.4, 0.5) is 0 Å². The van der Waals surface area contributed by atoms with Gasteiger partial charge in [-0.3, -0.25) is 0 Å². The number of nitrogens with zero attached hydrogens (tertiary/aromatic N) is 1. The largest absolute Gasteiger partial charge is 0.457 e. The normalized spacial score (nSPS) is 14.5. The lowest BCUT2D eigenvalue weighted by molar-refractivity contribution is 0.0535. The van der Waals surface area contributed by atoms with Gasteiger partial charge in [0.1, 0.15) is 11.8 Å². The maximum atomic E-state index is 10.9. The number of carbonyl (C=O) groups is 1. The zero-order valence-corrected chi connectivity index (χ0v) is 6.26. The molecule has 0 saturated carbocycles. The molecule has 1 aliphatic rings. The maximum Gasteiger partial charge on any atom is 0.340 e. The highest BCUT2D eigenvalue weighted by molar-refractivity contribution is 6.29. The number of pyridine rings is 1. The van der Waals surface area contributed by atoms with Gasteiger partial charge in [0.05, 0.1) is 5.56 Å². The fraction of sp³-hybridized carbons (Fsp3) is 0.143. The first-order chi connectivity index (χ1) is 5.27. The van der Waals surface area contributed by atoms with E-state index in [9.17, 15) is 4.79 Å². The number of halogens is 1. The Labute approximate surface area is 68.0 Å². The molecule has 0 amide bonds. The van der Waals surface area contributed by atoms with Crippen LogP contribution in [0.2, 0.25) is 5.15 Å². The maximum absolute atomic E-state index is 10.9. The van der Waals surface area contributed by atoms with Crippen LogP contribution in [-0.4, -0.2) is 11.0 Å². The molecule has 0 aromatic carbocycles. The SMILES string of the molecule is O=C1OCc2cc(Cl)ncc21. The van der Waals surface area contributed by atoms with Crippen molar-refractivity contribution in [2.24, 2.45) is 0 Å². The Hall–Kier alpha value is -1.09. The Morgan fingerprint density at radius 1 is 1.64 bits per heavy atom. The summed E-state index contributed by atoms with van der Waals surface area (Å²) in [6, 6.07) is 1.64. The van der Waals surface area contributed by atoms with E-state index < -0.39 is 0 Å². The van der Waals surface area contributed by atoms with Crippen molar-refractivity contribution in [1.29, 1.82) is 0 Å². The molecule has 0 aliphatic carbocycles. The molecule has 3 nitrogen and oxygen atoms in total. The molecular weight excluding hydrogens is 166 g/mol. The molecular formula is C7H4ClNO2. The van der Waals surface area contributed by atoms with Crippen LogP contribution in [0.5, 0.6) is 0 Å². The first kappa shape index (κ1) is 6.61. The van der Waals surface area contributed by atoms with Crippen LogP contribution in [0, 0.1) is 0 Å². The molecule has 56 valence electrons. The van der Waals surface area contributed by atoms with Crippen molar-refractivity contribution >= 4 is 17.6 Å². The van der Waals surface area contributed by atoms with E-state index in [1.54, 1.807) is 6.07 Å². The summed E-state index contributed by atoms with van der Waals surface area (Å²) in [5.74, 6) is -0.316. The van der Waals surface area contributed by atoms with Crippen LogP contribution in [0.25, 0.3) is 0 Å². The summed E-state index contributed by atoms with van der Waals surface area (Å²) in [7, 11) is 0. The zero-order chi connectivity index (χ0) is 7.84. The van der Waals surface area contributed by atoms with Crippen molar-refractivity contribution in [3.63, 3.8) is 0 Å². The highest BCUT2D eigenvalue weighted by atomic mass is 35.5. The molecule has 1 aromatic rings. The molecule has 0 unspecified atom stereocenters. The van der Waals surface area contributed by atoms with Crippen LogP contribution in [-0.2, 0) is 11.3 Å². The lowest BCUT2D eigenvalue weighted by atomic mass is 10.2. The number of aromatic nitrogens is 1. The van der Waals surface area contributed by atoms with E-state index in [4.69, 9.17) is 16.3 Å². The van der Waals surface area contributed by atoms with E-state index in [2.05, 4.69) is 4.98 Å². The van der Waals surface area contributed by atoms with E-state index in [1.165, 1.54) is 6.20 Å². The number of cyclic esters (lactones) is 1. The first-order valence-electron chi connectivity index (χ1n) is 3.09. The number of hydrogen-bond acceptors (Lipinski definition) is 3. The van der Waals surface area contributed by atoms with E-state index in [-0.39, 0.29) is 5.97 Å². The fourth-order valence-corrected chi connectivity index (χ4v) is 1.17. The number of esters is 1. The Morgan fingerprint density at radius 2 is 2.45 bits per heavy atom. The summed E-state index contributed by atoms with van der Waals surface area (Å²) in [5.41, 5.74) is 1.34. The number of fused-ring (bicyclic) bond motifs is 1. The van der Waals surface area contributed by atoms with Gasteiger partial charge < -0.3 is 4.74 Å². The van der Waals surface area contributed by atoms with E-state index >= 15 is 0 Å². The molecule has 0 saturated heterocycles. The molecule has 2 rings (SSSR count). The van der Waals surface area contributed by atoms with Gasteiger partial charge in [-0.15, -0.1) is 0 Å². The molecule has 1 aliphatic heterocycles. The molecule has 11 heavy (non-hydrogen) atoms. The minimum atomic E-state index is -0.316. The van der Waals surface area contributed by atoms with Crippen LogP contribution < -0.4 is 0 Å². The highest BCUT2D eigenvalue weighted by Crippen LogP contribution is 2.20. The second kappa shape index (κ2) is 2.20. The Bertz CT molecular complexity index is 324. The summed E-state index contributed by atoms with van der Waals surface area (Å²) in [4.78, 5) is 14.6. The third-order valence-electron chi connectivity index (χ3n) is 1.53. The number of ether oxygens (including phenoxy) is 1. The van der Waals surface area contributed by atoms with Crippen molar-refractivity contribution in [3.05, 3.63) is 28.5 Å². The van der Waals surface area contributed by atoms with Gasteiger partial charge in [0.15, 0.2) is 0 Å². The third kappa shape index (κ3) is 0.973. The second-order valence-electron chi connectivity index (χ2n) is 2.24. The number of rotatable bonds is 0. The second-order valence-corrected chi connectivity index (χ2v) is 2.63. The minimum Gasteiger partial charge on any atom is -0.457 e. The molecule has 0 N–H and O–H groups in total. The van der Waals surface area contributed by atoms with Gasteiger partial charge in [0.25, 0.3) is 0 Å². The molecule has 0 bridgehead atoms. The standard InChI is InChI=1S/C7H4ClNO2/c8-6-1-4-3-11-7(10)5(4)2-9-6/h1-2H,3H2. The number of hydrogen-bond donors (Lipinski definition) is 0. The summed E-state index contributed by atoms with van der Waals surface area (Å²) < 4.78 is 4.74. The monoisotopic (exact) mass is 169 g/mol. The molecule has 0 radical (unpaired) electrons. The van der Waals surface area contributed by atoms with E-state index in [0.29, 0.717) is 17.3 Å². The highest BCUT2D eigenvalue weighted by Gasteiger charge is 2.21. The minimum absolute atomic E-state index is 0.316. The molecule has 0 fully saturated rings. The van der Waals surface area contributed by atoms with Gasteiger partial charge >= 0.3 is 5.97 Å². The van der Waals surface area contributed by atoms with Crippen molar-refractivity contribution < 1.29 is 9.53 Å². The summed E-state index contributed by atoms with van der Waals surface area (Å²) >= 11 is 5.59. The van der Waals surface area contributed by atoms with Crippen molar-refractivity contribution in [2.45, 2.75) is 6.61 Å². The van der Waals surface area contributed by atoms with Gasteiger partial charge in [0.2, 0.25) is 0 Å².